The number of carbonyl (C=O) groups excluding carboxylic acids is 2. The average Bonchev–Trinajstić information content (AvgIpc) is 2.86. The molecule has 27 heavy (non-hydrogen) atoms. The van der Waals surface area contributed by atoms with Crippen molar-refractivity contribution in [2.24, 2.45) is 0 Å². The third-order valence-electron chi connectivity index (χ3n) is 4.98. The van der Waals surface area contributed by atoms with Crippen LogP contribution in [0.2, 0.25) is 0 Å². The highest BCUT2D eigenvalue weighted by Gasteiger charge is 2.32. The third-order valence-corrected chi connectivity index (χ3v) is 5.73. The van der Waals surface area contributed by atoms with Crippen LogP contribution < -0.4 is 10.2 Å². The molecule has 1 N–H and O–H groups in total. The minimum absolute atomic E-state index is 0.0336. The first-order valence-electron chi connectivity index (χ1n) is 9.44. The Morgan fingerprint density at radius 2 is 1.89 bits per heavy atom. The Balaban J connectivity index is 1.76. The maximum Gasteiger partial charge on any atom is 0.243 e. The quantitative estimate of drug-likeness (QED) is 0.763. The molecule has 0 bridgehead atoms. The molecule has 1 heterocycles. The van der Waals surface area contributed by atoms with Crippen LogP contribution in [0.15, 0.2) is 53.4 Å². The normalized spacial score (nSPS) is 15.0. The van der Waals surface area contributed by atoms with Crippen molar-refractivity contribution in [1.82, 2.24) is 5.32 Å². The fraction of sp³-hybridized carbons (Fsp3) is 0.364. The number of fused-ring (bicyclic) bond motifs is 1. The second-order valence-electron chi connectivity index (χ2n) is 6.74. The van der Waals surface area contributed by atoms with E-state index in [9.17, 15) is 9.59 Å². The van der Waals surface area contributed by atoms with Gasteiger partial charge < -0.3 is 5.32 Å². The summed E-state index contributed by atoms with van der Waals surface area (Å²) in [6, 6.07) is 15.6. The molecule has 2 aromatic carbocycles. The van der Waals surface area contributed by atoms with Gasteiger partial charge in [0.15, 0.2) is 0 Å². The minimum Gasteiger partial charge on any atom is -0.350 e. The van der Waals surface area contributed by atoms with Crippen LogP contribution in [0.4, 0.5) is 5.69 Å². The SMILES string of the molecule is CC[C@@H](C(=O)NCc1ccc(SC)cc1)N1C(=O)CCCc2ccccc21. The number of hydrogen-bond donors (Lipinski definition) is 1. The Labute approximate surface area is 165 Å². The van der Waals surface area contributed by atoms with Gasteiger partial charge in [-0.05, 0) is 54.8 Å². The number of anilines is 1. The third kappa shape index (κ3) is 4.53. The molecule has 3 rings (SSSR count). The van der Waals surface area contributed by atoms with Gasteiger partial charge in [0.2, 0.25) is 11.8 Å². The Morgan fingerprint density at radius 1 is 1.15 bits per heavy atom. The molecule has 2 aromatic rings. The van der Waals surface area contributed by atoms with Crippen LogP contribution >= 0.6 is 11.8 Å². The molecule has 2 amide bonds. The van der Waals surface area contributed by atoms with Gasteiger partial charge in [0.25, 0.3) is 0 Å². The predicted molar refractivity (Wildman–Crippen MR) is 111 cm³/mol. The van der Waals surface area contributed by atoms with E-state index in [0.29, 0.717) is 19.4 Å². The summed E-state index contributed by atoms with van der Waals surface area (Å²) in [7, 11) is 0. The van der Waals surface area contributed by atoms with Crippen LogP contribution in [0.3, 0.4) is 0 Å². The van der Waals surface area contributed by atoms with E-state index in [1.807, 2.05) is 43.5 Å². The van der Waals surface area contributed by atoms with Gasteiger partial charge in [0.05, 0.1) is 0 Å². The summed E-state index contributed by atoms with van der Waals surface area (Å²) < 4.78 is 0. The number of para-hydroxylation sites is 1. The largest absolute Gasteiger partial charge is 0.350 e. The summed E-state index contributed by atoms with van der Waals surface area (Å²) in [6.07, 6.45) is 4.80. The second kappa shape index (κ2) is 9.09. The lowest BCUT2D eigenvalue weighted by molar-refractivity contribution is -0.126. The number of benzene rings is 2. The van der Waals surface area contributed by atoms with Crippen molar-refractivity contribution in [3.8, 4) is 0 Å². The molecule has 0 radical (unpaired) electrons. The molecular weight excluding hydrogens is 356 g/mol. The lowest BCUT2D eigenvalue weighted by Gasteiger charge is -2.30. The lowest BCUT2D eigenvalue weighted by atomic mass is 10.1. The molecule has 5 heteroatoms. The fourth-order valence-electron chi connectivity index (χ4n) is 3.52. The molecule has 0 saturated carbocycles. The van der Waals surface area contributed by atoms with E-state index in [4.69, 9.17) is 0 Å². The summed E-state index contributed by atoms with van der Waals surface area (Å²) in [5, 5.41) is 3.02. The van der Waals surface area contributed by atoms with E-state index in [0.717, 1.165) is 29.7 Å². The van der Waals surface area contributed by atoms with Gasteiger partial charge in [-0.2, -0.15) is 0 Å². The van der Waals surface area contributed by atoms with Gasteiger partial charge in [-0.3, -0.25) is 14.5 Å². The number of nitrogens with zero attached hydrogens (tertiary/aromatic N) is 1. The molecule has 0 aliphatic carbocycles. The predicted octanol–water partition coefficient (Wildman–Crippen LogP) is 4.17. The van der Waals surface area contributed by atoms with E-state index in [2.05, 4.69) is 23.5 Å². The summed E-state index contributed by atoms with van der Waals surface area (Å²) in [4.78, 5) is 28.6. The molecule has 0 saturated heterocycles. The Bertz CT molecular complexity index is 804. The minimum atomic E-state index is -0.484. The van der Waals surface area contributed by atoms with Crippen LogP contribution in [0.1, 0.15) is 37.3 Å². The Hall–Kier alpha value is -2.27. The van der Waals surface area contributed by atoms with Crippen molar-refractivity contribution in [2.45, 2.75) is 50.1 Å². The van der Waals surface area contributed by atoms with Crippen molar-refractivity contribution < 1.29 is 9.59 Å². The van der Waals surface area contributed by atoms with Crippen molar-refractivity contribution in [2.75, 3.05) is 11.2 Å². The molecule has 142 valence electrons. The maximum atomic E-state index is 12.9. The number of carbonyl (C=O) groups is 2. The van der Waals surface area contributed by atoms with Crippen molar-refractivity contribution in [3.63, 3.8) is 0 Å². The molecule has 1 aliphatic heterocycles. The summed E-state index contributed by atoms with van der Waals surface area (Å²) >= 11 is 1.69. The fourth-order valence-corrected chi connectivity index (χ4v) is 3.93. The molecule has 1 aliphatic rings. The number of rotatable bonds is 6. The number of nitrogens with one attached hydrogen (secondary N) is 1. The molecule has 0 unspecified atom stereocenters. The lowest BCUT2D eigenvalue weighted by Crippen LogP contribution is -2.49. The summed E-state index contributed by atoms with van der Waals surface area (Å²) in [5.41, 5.74) is 3.08. The van der Waals surface area contributed by atoms with Crippen molar-refractivity contribution in [3.05, 3.63) is 59.7 Å². The zero-order chi connectivity index (χ0) is 19.2. The first kappa shape index (κ1) is 19.5. The zero-order valence-electron chi connectivity index (χ0n) is 15.9. The van der Waals surface area contributed by atoms with Gasteiger partial charge >= 0.3 is 0 Å². The van der Waals surface area contributed by atoms with Crippen LogP contribution in [-0.4, -0.2) is 24.1 Å². The highest BCUT2D eigenvalue weighted by atomic mass is 32.2. The standard InChI is InChI=1S/C22H26N2O2S/c1-3-19(22(26)23-15-16-11-13-18(27-2)14-12-16)24-20-9-5-4-7-17(20)8-6-10-21(24)25/h4-5,7,9,11-14,19H,3,6,8,10,15H2,1-2H3,(H,23,26)/t19-/m0/s1. The van der Waals surface area contributed by atoms with E-state index < -0.39 is 6.04 Å². The molecular formula is C22H26N2O2S. The highest BCUT2D eigenvalue weighted by molar-refractivity contribution is 7.98. The average molecular weight is 383 g/mol. The molecule has 4 nitrogen and oxygen atoms in total. The monoisotopic (exact) mass is 382 g/mol. The van der Waals surface area contributed by atoms with Crippen molar-refractivity contribution in [1.29, 1.82) is 0 Å². The topological polar surface area (TPSA) is 49.4 Å². The number of thioether (sulfide) groups is 1. The van der Waals surface area contributed by atoms with E-state index >= 15 is 0 Å². The van der Waals surface area contributed by atoms with Crippen molar-refractivity contribution >= 4 is 29.3 Å². The molecule has 1 atom stereocenters. The highest BCUT2D eigenvalue weighted by Crippen LogP contribution is 2.29. The first-order valence-corrected chi connectivity index (χ1v) is 10.7. The maximum absolute atomic E-state index is 12.9. The summed E-state index contributed by atoms with van der Waals surface area (Å²) in [5.74, 6) is -0.0669. The Morgan fingerprint density at radius 3 is 2.59 bits per heavy atom. The van der Waals surface area contributed by atoms with Crippen LogP contribution in [0, 0.1) is 0 Å². The second-order valence-corrected chi connectivity index (χ2v) is 7.62. The number of hydrogen-bond acceptors (Lipinski definition) is 3. The van der Waals surface area contributed by atoms with Gasteiger partial charge in [0, 0.05) is 23.5 Å². The number of aryl methyl sites for hydroxylation is 1. The van der Waals surface area contributed by atoms with Gasteiger partial charge in [-0.15, -0.1) is 11.8 Å². The molecule has 0 fully saturated rings. The molecule has 0 aromatic heterocycles. The van der Waals surface area contributed by atoms with Crippen LogP contribution in [0.5, 0.6) is 0 Å². The van der Waals surface area contributed by atoms with Crippen LogP contribution in [-0.2, 0) is 22.6 Å². The van der Waals surface area contributed by atoms with Crippen LogP contribution in [0.25, 0.3) is 0 Å². The van der Waals surface area contributed by atoms with E-state index in [-0.39, 0.29) is 11.8 Å². The van der Waals surface area contributed by atoms with Gasteiger partial charge in [-0.25, -0.2) is 0 Å². The van der Waals surface area contributed by atoms with Gasteiger partial charge in [-0.1, -0.05) is 37.3 Å². The summed E-state index contributed by atoms with van der Waals surface area (Å²) in [6.45, 7) is 2.42. The molecule has 0 spiro atoms. The number of amides is 2. The zero-order valence-corrected chi connectivity index (χ0v) is 16.7. The first-order chi connectivity index (χ1) is 13.1. The Kier molecular flexibility index (Phi) is 6.56. The van der Waals surface area contributed by atoms with Gasteiger partial charge in [0.1, 0.15) is 6.04 Å². The smallest absolute Gasteiger partial charge is 0.243 e. The van der Waals surface area contributed by atoms with E-state index in [1.54, 1.807) is 16.7 Å². The van der Waals surface area contributed by atoms with E-state index in [1.165, 1.54) is 4.90 Å².